The minimum absolute atomic E-state index is 0.0233. The van der Waals surface area contributed by atoms with Gasteiger partial charge in [0.1, 0.15) is 17.3 Å². The first kappa shape index (κ1) is 25.0. The van der Waals surface area contributed by atoms with Crippen LogP contribution in [-0.4, -0.2) is 40.9 Å². The van der Waals surface area contributed by atoms with Gasteiger partial charge in [-0.25, -0.2) is 0 Å². The second-order valence-corrected chi connectivity index (χ2v) is 9.66. The molecule has 7 heteroatoms. The van der Waals surface area contributed by atoms with Gasteiger partial charge in [-0.15, -0.1) is 0 Å². The van der Waals surface area contributed by atoms with Crippen LogP contribution in [0.1, 0.15) is 49.2 Å². The Morgan fingerprint density at radius 1 is 0.972 bits per heavy atom. The van der Waals surface area contributed by atoms with Crippen molar-refractivity contribution in [2.75, 3.05) is 14.2 Å². The number of aromatic nitrogens is 1. The maximum atomic E-state index is 13.5. The zero-order chi connectivity index (χ0) is 26.0. The lowest BCUT2D eigenvalue weighted by atomic mass is 9.85. The predicted molar refractivity (Wildman–Crippen MR) is 137 cm³/mol. The van der Waals surface area contributed by atoms with Crippen LogP contribution in [-0.2, 0) is 21.5 Å². The van der Waals surface area contributed by atoms with Crippen LogP contribution in [0.3, 0.4) is 0 Å². The summed E-state index contributed by atoms with van der Waals surface area (Å²) in [6.45, 7) is 6.25. The summed E-state index contributed by atoms with van der Waals surface area (Å²) < 4.78 is 11.1. The molecule has 2 aromatic carbocycles. The van der Waals surface area contributed by atoms with Gasteiger partial charge in [-0.05, 0) is 41.3 Å². The minimum Gasteiger partial charge on any atom is -0.507 e. The molecular weight excluding hydrogens is 456 g/mol. The van der Waals surface area contributed by atoms with E-state index in [2.05, 4.69) is 25.8 Å². The SMILES string of the molecule is COc1ccc(C(C)(C)C)cc1/C(O)=C1\C(=O)C(=O)N(Cc2ccccn2)C1c1ccccc1OC. The monoisotopic (exact) mass is 486 g/mol. The van der Waals surface area contributed by atoms with Gasteiger partial charge in [0.2, 0.25) is 0 Å². The van der Waals surface area contributed by atoms with E-state index in [9.17, 15) is 14.7 Å². The van der Waals surface area contributed by atoms with Gasteiger partial charge in [0, 0.05) is 11.8 Å². The van der Waals surface area contributed by atoms with Gasteiger partial charge in [-0.1, -0.05) is 51.1 Å². The summed E-state index contributed by atoms with van der Waals surface area (Å²) >= 11 is 0. The van der Waals surface area contributed by atoms with E-state index in [4.69, 9.17) is 9.47 Å². The normalized spacial score (nSPS) is 17.4. The largest absolute Gasteiger partial charge is 0.507 e. The second-order valence-electron chi connectivity index (χ2n) is 9.66. The summed E-state index contributed by atoms with van der Waals surface area (Å²) in [7, 11) is 3.03. The van der Waals surface area contributed by atoms with Crippen molar-refractivity contribution in [1.82, 2.24) is 9.88 Å². The zero-order valence-electron chi connectivity index (χ0n) is 21.1. The summed E-state index contributed by atoms with van der Waals surface area (Å²) in [4.78, 5) is 32.6. The van der Waals surface area contributed by atoms with E-state index in [1.807, 2.05) is 18.2 Å². The van der Waals surface area contributed by atoms with Crippen molar-refractivity contribution in [3.63, 3.8) is 0 Å². The van der Waals surface area contributed by atoms with Crippen LogP contribution < -0.4 is 9.47 Å². The van der Waals surface area contributed by atoms with E-state index in [0.29, 0.717) is 28.3 Å². The lowest BCUT2D eigenvalue weighted by Crippen LogP contribution is -2.29. The number of methoxy groups -OCH3 is 2. The number of rotatable bonds is 6. The third-order valence-electron chi connectivity index (χ3n) is 6.35. The van der Waals surface area contributed by atoms with Gasteiger partial charge in [0.15, 0.2) is 0 Å². The predicted octanol–water partition coefficient (Wildman–Crippen LogP) is 5.02. The van der Waals surface area contributed by atoms with Gasteiger partial charge < -0.3 is 19.5 Å². The number of hydrogen-bond donors (Lipinski definition) is 1. The number of ketones is 1. The van der Waals surface area contributed by atoms with E-state index >= 15 is 0 Å². The third kappa shape index (κ3) is 4.56. The standard InChI is InChI=1S/C29H30N2O5/c1-29(2,3)18-13-14-23(36-5)21(16-18)26(32)24-25(20-11-6-7-12-22(20)35-4)31(28(34)27(24)33)17-19-10-8-9-15-30-19/h6-16,25,32H,17H2,1-5H3/b26-24+. The van der Waals surface area contributed by atoms with Gasteiger partial charge in [-0.3, -0.25) is 14.6 Å². The Bertz CT molecular complexity index is 1320. The van der Waals surface area contributed by atoms with Crippen LogP contribution in [0.2, 0.25) is 0 Å². The number of carbonyl (C=O) groups is 2. The first-order chi connectivity index (χ1) is 17.2. The molecular formula is C29H30N2O5. The summed E-state index contributed by atoms with van der Waals surface area (Å²) in [5.74, 6) is -0.894. The molecule has 0 spiro atoms. The number of likely N-dealkylation sites (tertiary alicyclic amines) is 1. The highest BCUT2D eigenvalue weighted by molar-refractivity contribution is 6.46. The molecule has 1 saturated heterocycles. The second kappa shape index (κ2) is 9.85. The molecule has 3 aromatic rings. The Balaban J connectivity index is 1.96. The lowest BCUT2D eigenvalue weighted by molar-refractivity contribution is -0.140. The molecule has 0 bridgehead atoms. The van der Waals surface area contributed by atoms with Crippen LogP contribution in [0.15, 0.2) is 72.4 Å². The number of carbonyl (C=O) groups excluding carboxylic acids is 2. The molecule has 1 unspecified atom stereocenters. The van der Waals surface area contributed by atoms with Crippen molar-refractivity contribution < 1.29 is 24.2 Å². The number of nitrogens with zero attached hydrogens (tertiary/aromatic N) is 2. The average Bonchev–Trinajstić information content (AvgIpc) is 3.12. The first-order valence-corrected chi connectivity index (χ1v) is 11.7. The topological polar surface area (TPSA) is 89.0 Å². The molecule has 0 radical (unpaired) electrons. The third-order valence-corrected chi connectivity index (χ3v) is 6.35. The molecule has 1 aromatic heterocycles. The van der Waals surface area contributed by atoms with Crippen LogP contribution in [0, 0.1) is 0 Å². The molecule has 1 amide bonds. The Labute approximate surface area is 211 Å². The van der Waals surface area contributed by atoms with E-state index in [1.165, 1.54) is 19.1 Å². The molecule has 36 heavy (non-hydrogen) atoms. The van der Waals surface area contributed by atoms with Crippen molar-refractivity contribution >= 4 is 17.4 Å². The smallest absolute Gasteiger partial charge is 0.296 e. The molecule has 1 aliphatic rings. The first-order valence-electron chi connectivity index (χ1n) is 11.7. The summed E-state index contributed by atoms with van der Waals surface area (Å²) in [5, 5.41) is 11.6. The number of hydrogen-bond acceptors (Lipinski definition) is 6. The summed E-state index contributed by atoms with van der Waals surface area (Å²) in [6, 6.07) is 17.2. The van der Waals surface area contributed by atoms with Gasteiger partial charge in [0.05, 0.1) is 43.6 Å². The molecule has 0 aliphatic carbocycles. The number of pyridine rings is 1. The van der Waals surface area contributed by atoms with Crippen molar-refractivity contribution in [3.05, 3.63) is 94.8 Å². The van der Waals surface area contributed by atoms with Crippen LogP contribution in [0.4, 0.5) is 0 Å². The number of aliphatic hydroxyl groups is 1. The Hall–Kier alpha value is -4.13. The Morgan fingerprint density at radius 3 is 2.31 bits per heavy atom. The minimum atomic E-state index is -0.883. The summed E-state index contributed by atoms with van der Waals surface area (Å²) in [5.41, 5.74) is 2.26. The Kier molecular flexibility index (Phi) is 6.84. The van der Waals surface area contributed by atoms with Crippen molar-refractivity contribution in [3.8, 4) is 11.5 Å². The zero-order valence-corrected chi connectivity index (χ0v) is 21.1. The van der Waals surface area contributed by atoms with E-state index in [0.717, 1.165) is 5.56 Å². The fourth-order valence-corrected chi connectivity index (χ4v) is 4.43. The van der Waals surface area contributed by atoms with E-state index < -0.39 is 17.7 Å². The maximum absolute atomic E-state index is 13.5. The quantitative estimate of drug-likeness (QED) is 0.299. The van der Waals surface area contributed by atoms with Crippen molar-refractivity contribution in [2.45, 2.75) is 38.8 Å². The molecule has 7 nitrogen and oxygen atoms in total. The maximum Gasteiger partial charge on any atom is 0.296 e. The highest BCUT2D eigenvalue weighted by Crippen LogP contribution is 2.44. The highest BCUT2D eigenvalue weighted by Gasteiger charge is 2.47. The van der Waals surface area contributed by atoms with Gasteiger partial charge >= 0.3 is 0 Å². The fraction of sp³-hybridized carbons (Fsp3) is 0.276. The van der Waals surface area contributed by atoms with Gasteiger partial charge in [-0.2, -0.15) is 0 Å². The number of Topliss-reactive ketones (excluding diaryl/α,β-unsaturated/α-hetero) is 1. The molecule has 1 atom stereocenters. The summed E-state index contributed by atoms with van der Waals surface area (Å²) in [6.07, 6.45) is 1.63. The number of aliphatic hydroxyl groups excluding tert-OH is 1. The van der Waals surface area contributed by atoms with E-state index in [-0.39, 0.29) is 23.3 Å². The molecule has 186 valence electrons. The van der Waals surface area contributed by atoms with Crippen molar-refractivity contribution in [1.29, 1.82) is 0 Å². The molecule has 1 N–H and O–H groups in total. The highest BCUT2D eigenvalue weighted by atomic mass is 16.5. The molecule has 1 fully saturated rings. The number of amides is 1. The lowest BCUT2D eigenvalue weighted by Gasteiger charge is -2.26. The molecule has 2 heterocycles. The molecule has 1 aliphatic heterocycles. The Morgan fingerprint density at radius 2 is 1.67 bits per heavy atom. The number of benzene rings is 2. The average molecular weight is 487 g/mol. The molecule has 0 saturated carbocycles. The number of ether oxygens (including phenoxy) is 2. The number of para-hydroxylation sites is 1. The van der Waals surface area contributed by atoms with Crippen LogP contribution >= 0.6 is 0 Å². The van der Waals surface area contributed by atoms with Crippen LogP contribution in [0.25, 0.3) is 5.76 Å². The fourth-order valence-electron chi connectivity index (χ4n) is 4.43. The molecule has 4 rings (SSSR count). The van der Waals surface area contributed by atoms with Crippen molar-refractivity contribution in [2.24, 2.45) is 0 Å². The van der Waals surface area contributed by atoms with Crippen LogP contribution in [0.5, 0.6) is 11.5 Å². The van der Waals surface area contributed by atoms with Gasteiger partial charge in [0.25, 0.3) is 11.7 Å². The van der Waals surface area contributed by atoms with E-state index in [1.54, 1.807) is 48.7 Å².